The van der Waals surface area contributed by atoms with Crippen molar-refractivity contribution in [3.8, 4) is 0 Å². The van der Waals surface area contributed by atoms with Gasteiger partial charge in [0.1, 0.15) is 17.4 Å². The highest BCUT2D eigenvalue weighted by molar-refractivity contribution is 7.18. The first kappa shape index (κ1) is 19.1. The molecule has 1 atom stereocenters. The van der Waals surface area contributed by atoms with Crippen molar-refractivity contribution in [2.45, 2.75) is 46.7 Å². The molecule has 0 aliphatic rings. The number of rotatable bonds is 6. The van der Waals surface area contributed by atoms with Gasteiger partial charge in [-0.1, -0.05) is 13.8 Å². The fraction of sp³-hybridized carbons (Fsp3) is 0.529. The van der Waals surface area contributed by atoms with Crippen LogP contribution in [-0.4, -0.2) is 34.6 Å². The number of hydrogen-bond acceptors (Lipinski definition) is 6. The van der Waals surface area contributed by atoms with Gasteiger partial charge in [-0.15, -0.1) is 11.3 Å². The van der Waals surface area contributed by atoms with Crippen molar-refractivity contribution in [2.24, 2.45) is 5.92 Å². The van der Waals surface area contributed by atoms with Crippen molar-refractivity contribution in [3.63, 3.8) is 0 Å². The van der Waals surface area contributed by atoms with E-state index in [1.54, 1.807) is 0 Å². The fourth-order valence-corrected chi connectivity index (χ4v) is 3.59. The second-order valence-corrected chi connectivity index (χ2v) is 7.62. The van der Waals surface area contributed by atoms with E-state index in [-0.39, 0.29) is 18.0 Å². The number of aromatic nitrogens is 2. The molecular weight excluding hydrogens is 342 g/mol. The van der Waals surface area contributed by atoms with Gasteiger partial charge in [0.15, 0.2) is 0 Å². The Balaban J connectivity index is 2.21. The molecule has 0 unspecified atom stereocenters. The van der Waals surface area contributed by atoms with Crippen LogP contribution in [0.5, 0.6) is 0 Å². The Morgan fingerprint density at radius 1 is 1.36 bits per heavy atom. The number of nitrogens with one attached hydrogen (secondary N) is 1. The minimum Gasteiger partial charge on any atom is -0.467 e. The summed E-state index contributed by atoms with van der Waals surface area (Å²) in [7, 11) is 1.28. The molecule has 2 rings (SSSR count). The Kier molecular flexibility index (Phi) is 5.94. The number of nitrogens with zero attached hydrogens (tertiary/aromatic N) is 2. The Bertz CT molecular complexity index is 853. The summed E-state index contributed by atoms with van der Waals surface area (Å²) < 4.78 is 6.00. The quantitative estimate of drug-likeness (QED) is 0.788. The number of hydrogen-bond donors (Lipinski definition) is 1. The van der Waals surface area contributed by atoms with Crippen molar-refractivity contribution in [3.05, 3.63) is 27.1 Å². The van der Waals surface area contributed by atoms with Gasteiger partial charge < -0.3 is 10.1 Å². The molecule has 0 aliphatic heterocycles. The summed E-state index contributed by atoms with van der Waals surface area (Å²) in [5, 5.41) is 3.19. The number of fused-ring (bicyclic) bond motifs is 1. The molecule has 2 aromatic heterocycles. The van der Waals surface area contributed by atoms with Crippen LogP contribution in [-0.2, 0) is 20.9 Å². The summed E-state index contributed by atoms with van der Waals surface area (Å²) in [6, 6.07) is -0.727. The van der Waals surface area contributed by atoms with E-state index < -0.39 is 17.9 Å². The molecule has 0 fully saturated rings. The molecule has 2 heterocycles. The Morgan fingerprint density at radius 3 is 2.64 bits per heavy atom. The molecule has 0 aliphatic carbocycles. The van der Waals surface area contributed by atoms with Crippen LogP contribution in [0.1, 0.15) is 30.7 Å². The summed E-state index contributed by atoms with van der Waals surface area (Å²) >= 11 is 1.46. The predicted molar refractivity (Wildman–Crippen MR) is 96.8 cm³/mol. The molecular formula is C17H23N3O4S. The van der Waals surface area contributed by atoms with E-state index >= 15 is 0 Å². The molecule has 1 amide bonds. The van der Waals surface area contributed by atoms with Gasteiger partial charge in [-0.25, -0.2) is 9.78 Å². The maximum atomic E-state index is 12.6. The van der Waals surface area contributed by atoms with E-state index in [9.17, 15) is 14.4 Å². The number of methoxy groups -OCH3 is 1. The van der Waals surface area contributed by atoms with Crippen molar-refractivity contribution in [2.75, 3.05) is 7.11 Å². The van der Waals surface area contributed by atoms with Crippen molar-refractivity contribution >= 4 is 33.4 Å². The summed E-state index contributed by atoms with van der Waals surface area (Å²) in [4.78, 5) is 42.7. The topological polar surface area (TPSA) is 90.3 Å². The number of carbonyl (C=O) groups is 2. The molecule has 0 saturated carbocycles. The van der Waals surface area contributed by atoms with Crippen molar-refractivity contribution < 1.29 is 14.3 Å². The Labute approximate surface area is 150 Å². The molecule has 136 valence electrons. The average Bonchev–Trinajstić information content (AvgIpc) is 2.83. The highest BCUT2D eigenvalue weighted by atomic mass is 32.1. The zero-order chi connectivity index (χ0) is 18.7. The van der Waals surface area contributed by atoms with Crippen LogP contribution < -0.4 is 10.9 Å². The zero-order valence-electron chi connectivity index (χ0n) is 15.1. The number of ether oxygens (including phenoxy) is 1. The second kappa shape index (κ2) is 7.77. The number of amides is 1. The SMILES string of the molecule is COC(=O)[C@@H](CC(C)C)NC(=O)Cn1cnc2sc(C)c(C)c2c1=O. The van der Waals surface area contributed by atoms with Crippen LogP contribution in [0.2, 0.25) is 0 Å². The molecule has 0 aromatic carbocycles. The largest absolute Gasteiger partial charge is 0.467 e. The van der Waals surface area contributed by atoms with E-state index in [4.69, 9.17) is 4.74 Å². The predicted octanol–water partition coefficient (Wildman–Crippen LogP) is 1.78. The van der Waals surface area contributed by atoms with E-state index in [2.05, 4.69) is 10.3 Å². The summed E-state index contributed by atoms with van der Waals surface area (Å²) in [5.74, 6) is -0.710. The summed E-state index contributed by atoms with van der Waals surface area (Å²) in [6.07, 6.45) is 1.84. The van der Waals surface area contributed by atoms with Crippen LogP contribution in [0.25, 0.3) is 10.2 Å². The van der Waals surface area contributed by atoms with Gasteiger partial charge in [0.2, 0.25) is 5.91 Å². The van der Waals surface area contributed by atoms with Crippen LogP contribution in [0, 0.1) is 19.8 Å². The molecule has 7 nitrogen and oxygen atoms in total. The van der Waals surface area contributed by atoms with E-state index in [1.807, 2.05) is 27.7 Å². The Morgan fingerprint density at radius 2 is 2.04 bits per heavy atom. The highest BCUT2D eigenvalue weighted by Crippen LogP contribution is 2.25. The van der Waals surface area contributed by atoms with Gasteiger partial charge in [-0.2, -0.15) is 0 Å². The minimum atomic E-state index is -0.727. The molecule has 0 bridgehead atoms. The number of carbonyl (C=O) groups excluding carboxylic acids is 2. The van der Waals surface area contributed by atoms with Gasteiger partial charge in [0.25, 0.3) is 5.56 Å². The van der Waals surface area contributed by atoms with Gasteiger partial charge in [0, 0.05) is 4.88 Å². The lowest BCUT2D eigenvalue weighted by Gasteiger charge is -2.18. The lowest BCUT2D eigenvalue weighted by atomic mass is 10.0. The first-order chi connectivity index (χ1) is 11.7. The van der Waals surface area contributed by atoms with Crippen LogP contribution in [0.3, 0.4) is 0 Å². The zero-order valence-corrected chi connectivity index (χ0v) is 15.9. The normalized spacial score (nSPS) is 12.4. The molecule has 0 spiro atoms. The van der Waals surface area contributed by atoms with Crippen LogP contribution >= 0.6 is 11.3 Å². The molecule has 25 heavy (non-hydrogen) atoms. The first-order valence-electron chi connectivity index (χ1n) is 8.06. The summed E-state index contributed by atoms with van der Waals surface area (Å²) in [6.45, 7) is 7.52. The number of esters is 1. The molecule has 0 saturated heterocycles. The molecule has 0 radical (unpaired) electrons. The molecule has 2 aromatic rings. The van der Waals surface area contributed by atoms with Crippen LogP contribution in [0.15, 0.2) is 11.1 Å². The van der Waals surface area contributed by atoms with Crippen molar-refractivity contribution in [1.82, 2.24) is 14.9 Å². The smallest absolute Gasteiger partial charge is 0.328 e. The van der Waals surface area contributed by atoms with Crippen LogP contribution in [0.4, 0.5) is 0 Å². The second-order valence-electron chi connectivity index (χ2n) is 6.41. The molecule has 8 heteroatoms. The number of aryl methyl sites for hydroxylation is 2. The maximum Gasteiger partial charge on any atom is 0.328 e. The van der Waals surface area contributed by atoms with E-state index in [0.717, 1.165) is 10.4 Å². The van der Waals surface area contributed by atoms with E-state index in [1.165, 1.54) is 29.3 Å². The van der Waals surface area contributed by atoms with E-state index in [0.29, 0.717) is 16.6 Å². The van der Waals surface area contributed by atoms with Gasteiger partial charge in [0.05, 0.1) is 18.8 Å². The van der Waals surface area contributed by atoms with Crippen molar-refractivity contribution in [1.29, 1.82) is 0 Å². The first-order valence-corrected chi connectivity index (χ1v) is 8.88. The van der Waals surface area contributed by atoms with Gasteiger partial charge in [-0.3, -0.25) is 14.2 Å². The summed E-state index contributed by atoms with van der Waals surface area (Å²) in [5.41, 5.74) is 0.639. The highest BCUT2D eigenvalue weighted by Gasteiger charge is 2.23. The lowest BCUT2D eigenvalue weighted by molar-refractivity contribution is -0.145. The third-order valence-corrected chi connectivity index (χ3v) is 5.11. The standard InChI is InChI=1S/C17H23N3O4S/c1-9(2)6-12(17(23)24-5)19-13(21)7-20-8-18-15-14(16(20)22)10(3)11(4)25-15/h8-9,12H,6-7H2,1-5H3,(H,19,21)/t12-/m1/s1. The Hall–Kier alpha value is -2.22. The third-order valence-electron chi connectivity index (χ3n) is 4.00. The number of thiophene rings is 1. The van der Waals surface area contributed by atoms with Gasteiger partial charge in [-0.05, 0) is 31.7 Å². The average molecular weight is 365 g/mol. The monoisotopic (exact) mass is 365 g/mol. The molecule has 1 N–H and O–H groups in total. The lowest BCUT2D eigenvalue weighted by Crippen LogP contribution is -2.44. The third kappa shape index (κ3) is 4.25. The minimum absolute atomic E-state index is 0.193. The van der Waals surface area contributed by atoms with Gasteiger partial charge >= 0.3 is 5.97 Å². The maximum absolute atomic E-state index is 12.6. The fourth-order valence-electron chi connectivity index (χ4n) is 2.61.